The molecule has 0 radical (unpaired) electrons. The fraction of sp³-hybridized carbons (Fsp3) is 0.348. The van der Waals surface area contributed by atoms with Gasteiger partial charge in [0, 0.05) is 6.54 Å². The number of hydrogen-bond acceptors (Lipinski definition) is 5. The van der Waals surface area contributed by atoms with Gasteiger partial charge in [-0.2, -0.15) is 0 Å². The maximum Gasteiger partial charge on any atom is 0.408 e. The van der Waals surface area contributed by atoms with Gasteiger partial charge in [0.25, 0.3) is 0 Å². The first-order valence-corrected chi connectivity index (χ1v) is 9.73. The summed E-state index contributed by atoms with van der Waals surface area (Å²) >= 11 is 0. The molecule has 0 spiro atoms. The summed E-state index contributed by atoms with van der Waals surface area (Å²) in [5, 5.41) is 5.19. The zero-order chi connectivity index (χ0) is 22.0. The van der Waals surface area contributed by atoms with Crippen molar-refractivity contribution in [2.45, 2.75) is 52.0 Å². The van der Waals surface area contributed by atoms with Crippen molar-refractivity contribution in [2.24, 2.45) is 0 Å². The van der Waals surface area contributed by atoms with E-state index < -0.39 is 29.6 Å². The van der Waals surface area contributed by atoms with Crippen LogP contribution in [-0.2, 0) is 32.2 Å². The second-order valence-electron chi connectivity index (χ2n) is 7.75. The molecule has 0 aliphatic rings. The third-order valence-corrected chi connectivity index (χ3v) is 3.93. The van der Waals surface area contributed by atoms with Gasteiger partial charge in [0.2, 0.25) is 5.91 Å². The average Bonchev–Trinajstić information content (AvgIpc) is 2.70. The molecule has 0 heterocycles. The van der Waals surface area contributed by atoms with E-state index in [1.54, 1.807) is 20.8 Å². The van der Waals surface area contributed by atoms with Crippen molar-refractivity contribution in [1.82, 2.24) is 10.6 Å². The van der Waals surface area contributed by atoms with E-state index in [9.17, 15) is 14.4 Å². The first kappa shape index (κ1) is 22.9. The smallest absolute Gasteiger partial charge is 0.408 e. The van der Waals surface area contributed by atoms with Crippen LogP contribution in [0.5, 0.6) is 0 Å². The number of ether oxygens (including phenoxy) is 2. The number of carbonyl (C=O) groups is 3. The van der Waals surface area contributed by atoms with Gasteiger partial charge in [0.05, 0.1) is 6.42 Å². The fourth-order valence-electron chi connectivity index (χ4n) is 2.53. The van der Waals surface area contributed by atoms with Gasteiger partial charge in [-0.05, 0) is 31.9 Å². The van der Waals surface area contributed by atoms with Gasteiger partial charge in [0.1, 0.15) is 18.2 Å². The summed E-state index contributed by atoms with van der Waals surface area (Å²) in [6.45, 7) is 5.50. The Labute approximate surface area is 176 Å². The molecule has 0 fully saturated rings. The molecule has 2 aromatic rings. The first-order chi connectivity index (χ1) is 14.2. The highest BCUT2D eigenvalue weighted by molar-refractivity contribution is 5.89. The lowest BCUT2D eigenvalue weighted by molar-refractivity contribution is -0.147. The lowest BCUT2D eigenvalue weighted by Crippen LogP contribution is -2.49. The van der Waals surface area contributed by atoms with Gasteiger partial charge >= 0.3 is 12.1 Å². The predicted octanol–water partition coefficient (Wildman–Crippen LogP) is 3.33. The van der Waals surface area contributed by atoms with E-state index in [1.807, 2.05) is 60.7 Å². The van der Waals surface area contributed by atoms with Crippen LogP contribution in [-0.4, -0.2) is 29.6 Å². The Balaban J connectivity index is 1.97. The largest absolute Gasteiger partial charge is 0.461 e. The third kappa shape index (κ3) is 8.77. The molecule has 2 amide bonds. The predicted molar refractivity (Wildman–Crippen MR) is 112 cm³/mol. The molecule has 0 bridgehead atoms. The van der Waals surface area contributed by atoms with Crippen molar-refractivity contribution in [3.63, 3.8) is 0 Å². The fourth-order valence-corrected chi connectivity index (χ4v) is 2.53. The van der Waals surface area contributed by atoms with Crippen molar-refractivity contribution in [3.05, 3.63) is 71.8 Å². The summed E-state index contributed by atoms with van der Waals surface area (Å²) in [4.78, 5) is 37.1. The van der Waals surface area contributed by atoms with Crippen molar-refractivity contribution < 1.29 is 23.9 Å². The Kier molecular flexibility index (Phi) is 8.41. The van der Waals surface area contributed by atoms with Crippen LogP contribution >= 0.6 is 0 Å². The summed E-state index contributed by atoms with van der Waals surface area (Å²) in [6, 6.07) is 17.4. The minimum absolute atomic E-state index is 0.0878. The van der Waals surface area contributed by atoms with E-state index in [0.29, 0.717) is 0 Å². The molecule has 1 atom stereocenters. The van der Waals surface area contributed by atoms with E-state index in [2.05, 4.69) is 10.6 Å². The number of amides is 2. The number of benzene rings is 2. The highest BCUT2D eigenvalue weighted by atomic mass is 16.6. The minimum Gasteiger partial charge on any atom is -0.461 e. The quantitative estimate of drug-likeness (QED) is 0.649. The summed E-state index contributed by atoms with van der Waals surface area (Å²) in [6.07, 6.45) is -1.09. The van der Waals surface area contributed by atoms with Gasteiger partial charge in [-0.25, -0.2) is 4.79 Å². The molecule has 0 saturated heterocycles. The van der Waals surface area contributed by atoms with Crippen LogP contribution < -0.4 is 10.6 Å². The van der Waals surface area contributed by atoms with E-state index >= 15 is 0 Å². The normalized spacial score (nSPS) is 11.8. The molecule has 30 heavy (non-hydrogen) atoms. The molecule has 0 saturated carbocycles. The lowest BCUT2D eigenvalue weighted by atomic mass is 10.1. The van der Waals surface area contributed by atoms with E-state index in [-0.39, 0.29) is 19.6 Å². The van der Waals surface area contributed by atoms with Crippen LogP contribution in [0.2, 0.25) is 0 Å². The molecule has 2 rings (SSSR count). The van der Waals surface area contributed by atoms with Gasteiger partial charge in [-0.1, -0.05) is 60.7 Å². The summed E-state index contributed by atoms with van der Waals surface area (Å²) in [7, 11) is 0. The van der Waals surface area contributed by atoms with Crippen molar-refractivity contribution in [2.75, 3.05) is 0 Å². The molecule has 0 aliphatic carbocycles. The van der Waals surface area contributed by atoms with Gasteiger partial charge in [-0.3, -0.25) is 9.59 Å². The van der Waals surface area contributed by atoms with Crippen LogP contribution in [0.25, 0.3) is 0 Å². The summed E-state index contributed by atoms with van der Waals surface area (Å²) < 4.78 is 10.5. The summed E-state index contributed by atoms with van der Waals surface area (Å²) in [5.41, 5.74) is 0.993. The Morgan fingerprint density at radius 3 is 2.03 bits per heavy atom. The molecule has 0 unspecified atom stereocenters. The molecule has 0 aliphatic heterocycles. The number of nitrogens with one attached hydrogen (secondary N) is 2. The molecule has 2 N–H and O–H groups in total. The van der Waals surface area contributed by atoms with Crippen LogP contribution in [0.4, 0.5) is 4.79 Å². The highest BCUT2D eigenvalue weighted by Crippen LogP contribution is 2.09. The van der Waals surface area contributed by atoms with E-state index in [4.69, 9.17) is 9.47 Å². The maximum absolute atomic E-state index is 12.6. The Hall–Kier alpha value is -3.35. The SMILES string of the molecule is CC(C)(C)OC(=O)N[C@@H](CC(=O)OCc1ccccc1)C(=O)NCc1ccccc1. The van der Waals surface area contributed by atoms with Crippen molar-refractivity contribution >= 4 is 18.0 Å². The van der Waals surface area contributed by atoms with Crippen molar-refractivity contribution in [3.8, 4) is 0 Å². The number of esters is 1. The van der Waals surface area contributed by atoms with E-state index in [1.165, 1.54) is 0 Å². The number of rotatable bonds is 8. The molecule has 7 nitrogen and oxygen atoms in total. The second kappa shape index (κ2) is 11.0. The average molecular weight is 412 g/mol. The van der Waals surface area contributed by atoms with Gasteiger partial charge < -0.3 is 20.1 Å². The standard InChI is InChI=1S/C23H28N2O5/c1-23(2,3)30-22(28)25-19(21(27)24-15-17-10-6-4-7-11-17)14-20(26)29-16-18-12-8-5-9-13-18/h4-13,19H,14-16H2,1-3H3,(H,24,27)(H,25,28)/t19-/m0/s1. The highest BCUT2D eigenvalue weighted by Gasteiger charge is 2.27. The number of hydrogen-bond donors (Lipinski definition) is 2. The van der Waals surface area contributed by atoms with Crippen LogP contribution in [0.1, 0.15) is 38.3 Å². The molecular weight excluding hydrogens is 384 g/mol. The Morgan fingerprint density at radius 1 is 0.900 bits per heavy atom. The minimum atomic E-state index is -1.12. The molecule has 7 heteroatoms. The van der Waals surface area contributed by atoms with Gasteiger partial charge in [0.15, 0.2) is 0 Å². The summed E-state index contributed by atoms with van der Waals surface area (Å²) in [5.74, 6) is -1.10. The second-order valence-corrected chi connectivity index (χ2v) is 7.75. The zero-order valence-corrected chi connectivity index (χ0v) is 17.5. The Morgan fingerprint density at radius 2 is 1.47 bits per heavy atom. The molecular formula is C23H28N2O5. The third-order valence-electron chi connectivity index (χ3n) is 3.93. The monoisotopic (exact) mass is 412 g/mol. The molecule has 160 valence electrons. The van der Waals surface area contributed by atoms with E-state index in [0.717, 1.165) is 11.1 Å². The van der Waals surface area contributed by atoms with Gasteiger partial charge in [-0.15, -0.1) is 0 Å². The van der Waals surface area contributed by atoms with Crippen molar-refractivity contribution in [1.29, 1.82) is 0 Å². The maximum atomic E-state index is 12.6. The zero-order valence-electron chi connectivity index (χ0n) is 17.5. The molecule has 2 aromatic carbocycles. The first-order valence-electron chi connectivity index (χ1n) is 9.73. The lowest BCUT2D eigenvalue weighted by Gasteiger charge is -2.23. The van der Waals surface area contributed by atoms with Crippen LogP contribution in [0, 0.1) is 0 Å². The topological polar surface area (TPSA) is 93.7 Å². The Bertz CT molecular complexity index is 832. The number of alkyl carbamates (subject to hydrolysis) is 1. The van der Waals surface area contributed by atoms with Crippen LogP contribution in [0.3, 0.4) is 0 Å². The molecule has 0 aromatic heterocycles. The number of carbonyl (C=O) groups excluding carboxylic acids is 3. The van der Waals surface area contributed by atoms with Crippen LogP contribution in [0.15, 0.2) is 60.7 Å².